The van der Waals surface area contributed by atoms with Gasteiger partial charge in [0.05, 0.1) is 34.6 Å². The summed E-state index contributed by atoms with van der Waals surface area (Å²) in [5, 5.41) is 12.8. The number of hydrogen-bond donors (Lipinski definition) is 1. The van der Waals surface area contributed by atoms with E-state index in [-0.39, 0.29) is 32.7 Å². The van der Waals surface area contributed by atoms with Crippen LogP contribution in [0.5, 0.6) is 5.75 Å². The zero-order valence-corrected chi connectivity index (χ0v) is 19.5. The number of carbonyl (C=O) groups is 1. The first-order valence-electron chi connectivity index (χ1n) is 9.65. The molecule has 34 heavy (non-hydrogen) atoms. The van der Waals surface area contributed by atoms with Crippen molar-refractivity contribution < 1.29 is 22.7 Å². The highest BCUT2D eigenvalue weighted by atomic mass is 35.5. The molecule has 1 aromatic carbocycles. The third kappa shape index (κ3) is 4.59. The minimum Gasteiger partial charge on any atom is -0.496 e. The number of alkyl halides is 2. The summed E-state index contributed by atoms with van der Waals surface area (Å²) in [7, 11) is 3.06. The fraction of sp³-hybridized carbons (Fsp3) is 0.190. The molecule has 0 aliphatic heterocycles. The van der Waals surface area contributed by atoms with Gasteiger partial charge in [-0.15, -0.1) is 10.2 Å². The van der Waals surface area contributed by atoms with Crippen molar-refractivity contribution in [3.8, 4) is 28.4 Å². The average Bonchev–Trinajstić information content (AvgIpc) is 3.44. The number of benzene rings is 1. The van der Waals surface area contributed by atoms with Gasteiger partial charge in [0.1, 0.15) is 11.4 Å². The van der Waals surface area contributed by atoms with Crippen molar-refractivity contribution in [1.29, 1.82) is 0 Å². The van der Waals surface area contributed by atoms with Gasteiger partial charge < -0.3 is 4.74 Å². The smallest absolute Gasteiger partial charge is 0.298 e. The van der Waals surface area contributed by atoms with Crippen LogP contribution in [-0.2, 0) is 13.0 Å². The van der Waals surface area contributed by atoms with E-state index in [2.05, 4.69) is 25.6 Å². The van der Waals surface area contributed by atoms with Crippen LogP contribution in [0, 0.1) is 5.82 Å². The summed E-state index contributed by atoms with van der Waals surface area (Å²) in [5.41, 5.74) is 0.548. The molecular formula is C21H16ClF3N6O2S. The molecule has 0 radical (unpaired) electrons. The summed E-state index contributed by atoms with van der Waals surface area (Å²) in [5.74, 6) is -4.73. The standard InChI is InChI=1S/C21H16ClF3N6O2S/c1-21(24,25)19-28-29-20(34-19)27-18(32)10-4-6-12(13-8-9-31(2)30-13)26-17(10)15-14(33-3)7-5-11(22)16(15)23/h4-9H,1-3H3,(H,27,29,32). The average molecular weight is 509 g/mol. The highest BCUT2D eigenvalue weighted by Crippen LogP contribution is 2.38. The van der Waals surface area contributed by atoms with Gasteiger partial charge in [0, 0.05) is 20.2 Å². The number of nitrogens with one attached hydrogen (secondary N) is 1. The maximum Gasteiger partial charge on any atom is 0.298 e. The van der Waals surface area contributed by atoms with Crippen LogP contribution in [0.4, 0.5) is 18.3 Å². The molecule has 1 N–H and O–H groups in total. The molecule has 0 aliphatic rings. The number of anilines is 1. The minimum absolute atomic E-state index is 0.0702. The lowest BCUT2D eigenvalue weighted by molar-refractivity contribution is 0.0165. The van der Waals surface area contributed by atoms with Gasteiger partial charge >= 0.3 is 0 Å². The van der Waals surface area contributed by atoms with Crippen LogP contribution in [0.1, 0.15) is 22.3 Å². The Morgan fingerprint density at radius 2 is 1.94 bits per heavy atom. The first-order chi connectivity index (χ1) is 16.1. The molecule has 13 heteroatoms. The number of amides is 1. The summed E-state index contributed by atoms with van der Waals surface area (Å²) in [6, 6.07) is 7.40. The van der Waals surface area contributed by atoms with Gasteiger partial charge in [-0.1, -0.05) is 22.9 Å². The van der Waals surface area contributed by atoms with Crippen LogP contribution in [0.25, 0.3) is 22.6 Å². The number of aryl methyl sites for hydroxylation is 1. The molecule has 176 valence electrons. The third-order valence-corrected chi connectivity index (χ3v) is 5.95. The van der Waals surface area contributed by atoms with E-state index >= 15 is 4.39 Å². The van der Waals surface area contributed by atoms with Gasteiger partial charge in [0.2, 0.25) is 5.13 Å². The lowest BCUT2D eigenvalue weighted by Gasteiger charge is -2.14. The quantitative estimate of drug-likeness (QED) is 0.386. The monoisotopic (exact) mass is 508 g/mol. The fourth-order valence-electron chi connectivity index (χ4n) is 3.07. The Hall–Kier alpha value is -3.51. The zero-order valence-electron chi connectivity index (χ0n) is 17.9. The predicted octanol–water partition coefficient (Wildman–Crippen LogP) is 5.17. The summed E-state index contributed by atoms with van der Waals surface area (Å²) >= 11 is 6.52. The summed E-state index contributed by atoms with van der Waals surface area (Å²) in [6.45, 7) is 0.672. The minimum atomic E-state index is -3.21. The second kappa shape index (κ2) is 9.03. The first kappa shape index (κ1) is 23.6. The number of pyridine rings is 1. The Balaban J connectivity index is 1.84. The van der Waals surface area contributed by atoms with Crippen LogP contribution in [-0.4, -0.2) is 38.0 Å². The lowest BCUT2D eigenvalue weighted by atomic mass is 10.0. The van der Waals surface area contributed by atoms with Crippen molar-refractivity contribution >= 4 is 34.0 Å². The maximum atomic E-state index is 15.2. The molecule has 8 nitrogen and oxygen atoms in total. The molecule has 1 amide bonds. The number of nitrogens with zero attached hydrogens (tertiary/aromatic N) is 5. The number of ether oxygens (including phenoxy) is 1. The molecule has 0 fully saturated rings. The van der Waals surface area contributed by atoms with Gasteiger partial charge in [-0.2, -0.15) is 13.9 Å². The molecule has 0 atom stereocenters. The molecular weight excluding hydrogens is 493 g/mol. The van der Waals surface area contributed by atoms with Crippen LogP contribution >= 0.6 is 22.9 Å². The largest absolute Gasteiger partial charge is 0.496 e. The molecule has 0 spiro atoms. The molecule has 4 rings (SSSR count). The second-order valence-corrected chi connectivity index (χ2v) is 8.55. The molecule has 0 bridgehead atoms. The Morgan fingerprint density at radius 3 is 2.56 bits per heavy atom. The van der Waals surface area contributed by atoms with Crippen LogP contribution in [0.2, 0.25) is 5.02 Å². The lowest BCUT2D eigenvalue weighted by Crippen LogP contribution is -2.15. The predicted molar refractivity (Wildman–Crippen MR) is 121 cm³/mol. The third-order valence-electron chi connectivity index (χ3n) is 4.65. The van der Waals surface area contributed by atoms with Crippen LogP contribution < -0.4 is 10.1 Å². The van der Waals surface area contributed by atoms with E-state index in [1.54, 1.807) is 24.0 Å². The normalized spacial score (nSPS) is 11.5. The van der Waals surface area contributed by atoms with Crippen molar-refractivity contribution in [3.05, 3.63) is 57.9 Å². The maximum absolute atomic E-state index is 15.2. The van der Waals surface area contributed by atoms with E-state index in [0.29, 0.717) is 29.6 Å². The van der Waals surface area contributed by atoms with Crippen LogP contribution in [0.3, 0.4) is 0 Å². The topological polar surface area (TPSA) is 94.8 Å². The molecule has 3 heterocycles. The molecule has 0 saturated carbocycles. The van der Waals surface area contributed by atoms with Crippen molar-refractivity contribution in [1.82, 2.24) is 25.0 Å². The fourth-order valence-corrected chi connectivity index (χ4v) is 3.89. The molecule has 0 aliphatic carbocycles. The number of methoxy groups -OCH3 is 1. The number of halogens is 4. The first-order valence-corrected chi connectivity index (χ1v) is 10.8. The Labute approximate surface area is 200 Å². The summed E-state index contributed by atoms with van der Waals surface area (Å²) in [6.07, 6.45) is 1.70. The van der Waals surface area contributed by atoms with Crippen molar-refractivity contribution in [2.75, 3.05) is 12.4 Å². The van der Waals surface area contributed by atoms with Crippen molar-refractivity contribution in [3.63, 3.8) is 0 Å². The van der Waals surface area contributed by atoms with Crippen molar-refractivity contribution in [2.45, 2.75) is 12.8 Å². The Kier molecular flexibility index (Phi) is 6.28. The van der Waals surface area contributed by atoms with Gasteiger partial charge in [-0.3, -0.25) is 14.8 Å². The number of hydrogen-bond acceptors (Lipinski definition) is 7. The van der Waals surface area contributed by atoms with E-state index < -0.39 is 22.7 Å². The van der Waals surface area contributed by atoms with E-state index in [9.17, 15) is 13.6 Å². The van der Waals surface area contributed by atoms with Gasteiger partial charge in [0.15, 0.2) is 10.8 Å². The van der Waals surface area contributed by atoms with Crippen LogP contribution in [0.15, 0.2) is 36.5 Å². The van der Waals surface area contributed by atoms with E-state index in [4.69, 9.17) is 16.3 Å². The van der Waals surface area contributed by atoms with Gasteiger partial charge in [0.25, 0.3) is 11.8 Å². The van der Waals surface area contributed by atoms with E-state index in [1.807, 2.05) is 0 Å². The van der Waals surface area contributed by atoms with E-state index in [0.717, 1.165) is 0 Å². The Bertz CT molecular complexity index is 1390. The summed E-state index contributed by atoms with van der Waals surface area (Å²) < 4.78 is 49.0. The molecule has 0 saturated heterocycles. The number of rotatable bonds is 6. The Morgan fingerprint density at radius 1 is 1.18 bits per heavy atom. The van der Waals surface area contributed by atoms with Crippen molar-refractivity contribution in [2.24, 2.45) is 7.05 Å². The number of carbonyl (C=O) groups excluding carboxylic acids is 1. The van der Waals surface area contributed by atoms with Gasteiger partial charge in [-0.25, -0.2) is 9.37 Å². The molecule has 4 aromatic rings. The summed E-state index contributed by atoms with van der Waals surface area (Å²) in [4.78, 5) is 17.6. The zero-order chi connectivity index (χ0) is 24.6. The highest BCUT2D eigenvalue weighted by Gasteiger charge is 2.30. The molecule has 3 aromatic heterocycles. The second-order valence-electron chi connectivity index (χ2n) is 7.16. The van der Waals surface area contributed by atoms with Gasteiger partial charge in [-0.05, 0) is 30.3 Å². The van der Waals surface area contributed by atoms with E-state index in [1.165, 1.54) is 31.4 Å². The SMILES string of the molecule is COc1ccc(Cl)c(F)c1-c1nc(-c2ccn(C)n2)ccc1C(=O)Nc1nnc(C(C)(F)F)s1. The number of aromatic nitrogens is 5. The molecule has 0 unspecified atom stereocenters. The highest BCUT2D eigenvalue weighted by molar-refractivity contribution is 7.15.